The van der Waals surface area contributed by atoms with Crippen molar-refractivity contribution in [3.8, 4) is 5.75 Å². The first-order chi connectivity index (χ1) is 6.81. The maximum Gasteiger partial charge on any atom is 0.122 e. The van der Waals surface area contributed by atoms with Gasteiger partial charge in [0.2, 0.25) is 0 Å². The summed E-state index contributed by atoms with van der Waals surface area (Å²) in [6.07, 6.45) is 3.07. The molecular weight excluding hydrogens is 174 g/mol. The molecule has 2 heteroatoms. The van der Waals surface area contributed by atoms with E-state index in [0.717, 1.165) is 31.6 Å². The maximum absolute atomic E-state index is 5.48. The summed E-state index contributed by atoms with van der Waals surface area (Å²) in [4.78, 5) is 0. The topological polar surface area (TPSA) is 35.2 Å². The van der Waals surface area contributed by atoms with Crippen molar-refractivity contribution in [1.29, 1.82) is 0 Å². The van der Waals surface area contributed by atoms with Crippen LogP contribution in [0.3, 0.4) is 0 Å². The molecule has 0 saturated carbocycles. The van der Waals surface area contributed by atoms with E-state index >= 15 is 0 Å². The molecule has 0 radical (unpaired) electrons. The minimum Gasteiger partial charge on any atom is -0.496 e. The second-order valence-corrected chi connectivity index (χ2v) is 3.39. The average Bonchev–Trinajstić information content (AvgIpc) is 2.26. The lowest BCUT2D eigenvalue weighted by atomic mass is 10.0. The Morgan fingerprint density at radius 3 is 2.71 bits per heavy atom. The Bertz CT molecular complexity index is 284. The molecule has 1 rings (SSSR count). The number of nitrogens with two attached hydrogens (primary N) is 1. The lowest BCUT2D eigenvalue weighted by Gasteiger charge is -2.09. The fourth-order valence-electron chi connectivity index (χ4n) is 1.51. The zero-order valence-corrected chi connectivity index (χ0v) is 9.05. The summed E-state index contributed by atoms with van der Waals surface area (Å²) in [7, 11) is 1.72. The molecule has 14 heavy (non-hydrogen) atoms. The van der Waals surface area contributed by atoms with Crippen molar-refractivity contribution in [3.63, 3.8) is 0 Å². The molecule has 0 aromatic heterocycles. The summed E-state index contributed by atoms with van der Waals surface area (Å²) >= 11 is 0. The Hall–Kier alpha value is -1.02. The van der Waals surface area contributed by atoms with Crippen LogP contribution in [-0.2, 0) is 12.8 Å². The van der Waals surface area contributed by atoms with Gasteiger partial charge in [0.1, 0.15) is 5.75 Å². The molecule has 0 heterocycles. The second-order valence-electron chi connectivity index (χ2n) is 3.39. The first-order valence-corrected chi connectivity index (χ1v) is 5.17. The van der Waals surface area contributed by atoms with E-state index in [0.29, 0.717) is 0 Å². The van der Waals surface area contributed by atoms with Gasteiger partial charge in [-0.05, 0) is 43.0 Å². The molecule has 0 fully saturated rings. The van der Waals surface area contributed by atoms with Crippen LogP contribution in [0.25, 0.3) is 0 Å². The molecule has 0 bridgehead atoms. The summed E-state index contributed by atoms with van der Waals surface area (Å²) in [6, 6.07) is 6.42. The normalized spacial score (nSPS) is 10.2. The van der Waals surface area contributed by atoms with Crippen molar-refractivity contribution in [1.82, 2.24) is 0 Å². The van der Waals surface area contributed by atoms with Gasteiger partial charge in [-0.2, -0.15) is 0 Å². The molecule has 0 aliphatic rings. The van der Waals surface area contributed by atoms with Gasteiger partial charge in [-0.25, -0.2) is 0 Å². The number of methoxy groups -OCH3 is 1. The fraction of sp³-hybridized carbons (Fsp3) is 0.500. The standard InChI is InChI=1S/C12H19NO/c1-3-10-6-7-11(5-4-8-13)12(9-10)14-2/h6-7,9H,3-5,8,13H2,1-2H3. The van der Waals surface area contributed by atoms with Crippen molar-refractivity contribution in [3.05, 3.63) is 29.3 Å². The van der Waals surface area contributed by atoms with Gasteiger partial charge >= 0.3 is 0 Å². The van der Waals surface area contributed by atoms with Crippen molar-refractivity contribution in [2.24, 2.45) is 5.73 Å². The zero-order chi connectivity index (χ0) is 10.4. The molecule has 2 N–H and O–H groups in total. The average molecular weight is 193 g/mol. The highest BCUT2D eigenvalue weighted by Crippen LogP contribution is 2.21. The van der Waals surface area contributed by atoms with Crippen LogP contribution in [0.2, 0.25) is 0 Å². The van der Waals surface area contributed by atoms with Gasteiger partial charge in [0, 0.05) is 0 Å². The van der Waals surface area contributed by atoms with Crippen molar-refractivity contribution < 1.29 is 4.74 Å². The van der Waals surface area contributed by atoms with Crippen molar-refractivity contribution in [2.75, 3.05) is 13.7 Å². The van der Waals surface area contributed by atoms with Gasteiger partial charge in [-0.1, -0.05) is 19.1 Å². The number of aryl methyl sites for hydroxylation is 2. The lowest BCUT2D eigenvalue weighted by Crippen LogP contribution is -2.01. The monoisotopic (exact) mass is 193 g/mol. The van der Waals surface area contributed by atoms with Gasteiger partial charge < -0.3 is 10.5 Å². The third kappa shape index (κ3) is 2.74. The molecule has 0 amide bonds. The van der Waals surface area contributed by atoms with E-state index in [1.807, 2.05) is 0 Å². The van der Waals surface area contributed by atoms with Crippen LogP contribution in [0.4, 0.5) is 0 Å². The van der Waals surface area contributed by atoms with E-state index in [4.69, 9.17) is 10.5 Å². The Kier molecular flexibility index (Phi) is 4.47. The first-order valence-electron chi connectivity index (χ1n) is 5.17. The number of rotatable bonds is 5. The van der Waals surface area contributed by atoms with Crippen LogP contribution in [-0.4, -0.2) is 13.7 Å². The van der Waals surface area contributed by atoms with E-state index in [-0.39, 0.29) is 0 Å². The highest BCUT2D eigenvalue weighted by Gasteiger charge is 2.02. The van der Waals surface area contributed by atoms with Crippen LogP contribution < -0.4 is 10.5 Å². The molecule has 0 spiro atoms. The van der Waals surface area contributed by atoms with E-state index in [9.17, 15) is 0 Å². The van der Waals surface area contributed by atoms with Crippen molar-refractivity contribution >= 4 is 0 Å². The predicted molar refractivity (Wildman–Crippen MR) is 59.7 cm³/mol. The smallest absolute Gasteiger partial charge is 0.122 e. The quantitative estimate of drug-likeness (QED) is 0.777. The molecule has 1 aromatic rings. The Morgan fingerprint density at radius 2 is 2.14 bits per heavy atom. The summed E-state index contributed by atoms with van der Waals surface area (Å²) < 4.78 is 5.34. The van der Waals surface area contributed by atoms with Crippen molar-refractivity contribution in [2.45, 2.75) is 26.2 Å². The van der Waals surface area contributed by atoms with Gasteiger partial charge in [0.05, 0.1) is 7.11 Å². The van der Waals surface area contributed by atoms with Crippen LogP contribution in [0.15, 0.2) is 18.2 Å². The van der Waals surface area contributed by atoms with E-state index in [1.54, 1.807) is 7.11 Å². The highest BCUT2D eigenvalue weighted by molar-refractivity contribution is 5.37. The zero-order valence-electron chi connectivity index (χ0n) is 9.05. The predicted octanol–water partition coefficient (Wildman–Crippen LogP) is 2.15. The summed E-state index contributed by atoms with van der Waals surface area (Å²) in [5.41, 5.74) is 8.06. The molecule has 0 aliphatic carbocycles. The number of hydrogen-bond acceptors (Lipinski definition) is 2. The first kappa shape index (κ1) is 11.1. The molecule has 1 aromatic carbocycles. The summed E-state index contributed by atoms with van der Waals surface area (Å²) in [5.74, 6) is 0.998. The van der Waals surface area contributed by atoms with E-state index in [1.165, 1.54) is 11.1 Å². The van der Waals surface area contributed by atoms with Crippen LogP contribution >= 0.6 is 0 Å². The largest absolute Gasteiger partial charge is 0.496 e. The van der Waals surface area contributed by atoms with Crippen LogP contribution in [0.5, 0.6) is 5.75 Å². The third-order valence-corrected chi connectivity index (χ3v) is 2.41. The maximum atomic E-state index is 5.48. The summed E-state index contributed by atoms with van der Waals surface area (Å²) in [5, 5.41) is 0. The van der Waals surface area contributed by atoms with E-state index in [2.05, 4.69) is 25.1 Å². The minimum atomic E-state index is 0.735. The molecule has 78 valence electrons. The fourth-order valence-corrected chi connectivity index (χ4v) is 1.51. The lowest BCUT2D eigenvalue weighted by molar-refractivity contribution is 0.408. The molecule has 0 unspecified atom stereocenters. The van der Waals surface area contributed by atoms with Crippen LogP contribution in [0, 0.1) is 0 Å². The molecule has 0 aliphatic heterocycles. The number of benzene rings is 1. The van der Waals surface area contributed by atoms with Crippen LogP contribution in [0.1, 0.15) is 24.5 Å². The van der Waals surface area contributed by atoms with Gasteiger partial charge in [0.25, 0.3) is 0 Å². The van der Waals surface area contributed by atoms with Gasteiger partial charge in [0.15, 0.2) is 0 Å². The van der Waals surface area contributed by atoms with E-state index < -0.39 is 0 Å². The molecule has 0 saturated heterocycles. The Balaban J connectivity index is 2.82. The Morgan fingerprint density at radius 1 is 1.36 bits per heavy atom. The molecular formula is C12H19NO. The van der Waals surface area contributed by atoms with Gasteiger partial charge in [-0.15, -0.1) is 0 Å². The SMILES string of the molecule is CCc1ccc(CCCN)c(OC)c1. The Labute approximate surface area is 86.1 Å². The summed E-state index contributed by atoms with van der Waals surface area (Å²) in [6.45, 7) is 2.88. The van der Waals surface area contributed by atoms with Gasteiger partial charge in [-0.3, -0.25) is 0 Å². The number of ether oxygens (including phenoxy) is 1. The second kappa shape index (κ2) is 5.66. The third-order valence-electron chi connectivity index (χ3n) is 2.41. The molecule has 2 nitrogen and oxygen atoms in total. The minimum absolute atomic E-state index is 0.735. The number of hydrogen-bond donors (Lipinski definition) is 1. The molecule has 0 atom stereocenters. The highest BCUT2D eigenvalue weighted by atomic mass is 16.5.